The van der Waals surface area contributed by atoms with Gasteiger partial charge in [0.2, 0.25) is 0 Å². The van der Waals surface area contributed by atoms with Gasteiger partial charge in [0.05, 0.1) is 18.5 Å². The van der Waals surface area contributed by atoms with Crippen LogP contribution in [0.15, 0.2) is 67.0 Å². The summed E-state index contributed by atoms with van der Waals surface area (Å²) in [5.74, 6) is 0.912. The van der Waals surface area contributed by atoms with Gasteiger partial charge in [0.15, 0.2) is 11.6 Å². The smallest absolute Gasteiger partial charge is 0.170 e. The summed E-state index contributed by atoms with van der Waals surface area (Å²) in [7, 11) is 0. The molecule has 1 atom stereocenters. The van der Waals surface area contributed by atoms with E-state index in [1.807, 2.05) is 56.4 Å². The van der Waals surface area contributed by atoms with Crippen LogP contribution in [0, 0.1) is 19.7 Å². The van der Waals surface area contributed by atoms with Crippen LogP contribution in [0.1, 0.15) is 48.0 Å². The van der Waals surface area contributed by atoms with Gasteiger partial charge in [-0.15, -0.1) is 0 Å². The minimum absolute atomic E-state index is 0.243. The summed E-state index contributed by atoms with van der Waals surface area (Å²) >= 11 is 0. The zero-order valence-electron chi connectivity index (χ0n) is 22.1. The van der Waals surface area contributed by atoms with E-state index >= 15 is 4.39 Å². The zero-order valence-corrected chi connectivity index (χ0v) is 22.1. The number of halogens is 1. The Bertz CT molecular complexity index is 1610. The number of hydrogen-bond acceptors (Lipinski definition) is 5. The number of nitrogen functional groups attached to an aromatic ring is 1. The molecule has 6 nitrogen and oxygen atoms in total. The molecule has 0 aliphatic heterocycles. The van der Waals surface area contributed by atoms with E-state index in [-0.39, 0.29) is 5.75 Å². The summed E-state index contributed by atoms with van der Waals surface area (Å²) in [5.41, 5.74) is 12.6. The Labute approximate surface area is 222 Å². The van der Waals surface area contributed by atoms with Crippen LogP contribution in [0.3, 0.4) is 0 Å². The molecule has 0 aliphatic carbocycles. The number of H-pyrrole nitrogens is 1. The Hall–Kier alpha value is -4.39. The van der Waals surface area contributed by atoms with E-state index in [9.17, 15) is 0 Å². The molecule has 0 amide bonds. The van der Waals surface area contributed by atoms with Crippen molar-refractivity contribution in [3.05, 3.63) is 101 Å². The van der Waals surface area contributed by atoms with E-state index in [1.54, 1.807) is 12.3 Å². The van der Waals surface area contributed by atoms with Gasteiger partial charge in [-0.05, 0) is 79.6 Å². The number of imidazole rings is 1. The maximum atomic E-state index is 15.9. The van der Waals surface area contributed by atoms with Crippen LogP contribution in [-0.2, 0) is 6.42 Å². The van der Waals surface area contributed by atoms with Crippen LogP contribution in [0.25, 0.3) is 22.0 Å². The lowest BCUT2D eigenvalue weighted by Crippen LogP contribution is -2.17. The van der Waals surface area contributed by atoms with Gasteiger partial charge < -0.3 is 20.8 Å². The van der Waals surface area contributed by atoms with Crippen molar-refractivity contribution >= 4 is 22.3 Å². The molecule has 0 radical (unpaired) electrons. The number of nitrogens with zero attached hydrogens (tertiary/aromatic N) is 2. The van der Waals surface area contributed by atoms with Gasteiger partial charge in [0, 0.05) is 28.4 Å². The Morgan fingerprint density at radius 1 is 1.05 bits per heavy atom. The van der Waals surface area contributed by atoms with Crippen molar-refractivity contribution in [1.29, 1.82) is 0 Å². The Morgan fingerprint density at radius 2 is 1.89 bits per heavy atom. The summed E-state index contributed by atoms with van der Waals surface area (Å²) in [6, 6.07) is 17.0. The van der Waals surface area contributed by atoms with Crippen LogP contribution in [0.4, 0.5) is 15.9 Å². The summed E-state index contributed by atoms with van der Waals surface area (Å²) in [6.45, 7) is 8.45. The monoisotopic (exact) mass is 509 g/mol. The number of hydrogen-bond donors (Lipinski definition) is 3. The number of fused-ring (bicyclic) bond motifs is 1. The molecule has 5 aromatic rings. The fourth-order valence-corrected chi connectivity index (χ4v) is 4.77. The second kappa shape index (κ2) is 10.5. The topological polar surface area (TPSA) is 88.8 Å². The van der Waals surface area contributed by atoms with E-state index in [1.165, 1.54) is 11.1 Å². The van der Waals surface area contributed by atoms with Gasteiger partial charge in [-0.1, -0.05) is 31.2 Å². The lowest BCUT2D eigenvalue weighted by atomic mass is 9.99. The molecule has 7 heteroatoms. The first-order valence-corrected chi connectivity index (χ1v) is 12.9. The molecular formula is C31H32FN5O. The van der Waals surface area contributed by atoms with Crippen LogP contribution in [0.2, 0.25) is 0 Å². The fourth-order valence-electron chi connectivity index (χ4n) is 4.77. The molecule has 194 valence electrons. The molecule has 38 heavy (non-hydrogen) atoms. The summed E-state index contributed by atoms with van der Waals surface area (Å²) in [5, 5.41) is 5.33. The highest BCUT2D eigenvalue weighted by Crippen LogP contribution is 2.35. The largest absolute Gasteiger partial charge is 0.491 e. The second-order valence-corrected chi connectivity index (χ2v) is 9.42. The van der Waals surface area contributed by atoms with Crippen molar-refractivity contribution in [3.8, 4) is 17.0 Å². The fraction of sp³-hybridized carbons (Fsp3) is 0.226. The molecule has 3 aromatic carbocycles. The van der Waals surface area contributed by atoms with E-state index < -0.39 is 11.9 Å². The highest BCUT2D eigenvalue weighted by atomic mass is 19.1. The van der Waals surface area contributed by atoms with Gasteiger partial charge in [-0.3, -0.25) is 0 Å². The van der Waals surface area contributed by atoms with Crippen molar-refractivity contribution in [2.45, 2.75) is 40.2 Å². The number of rotatable bonds is 8. The summed E-state index contributed by atoms with van der Waals surface area (Å²) in [6.07, 6.45) is 4.23. The van der Waals surface area contributed by atoms with E-state index in [0.29, 0.717) is 23.8 Å². The van der Waals surface area contributed by atoms with Gasteiger partial charge in [-0.25, -0.2) is 14.4 Å². The number of aromatic nitrogens is 3. The van der Waals surface area contributed by atoms with Crippen LogP contribution < -0.4 is 15.8 Å². The van der Waals surface area contributed by atoms with Crippen LogP contribution in [0.5, 0.6) is 5.75 Å². The molecule has 0 saturated carbocycles. The molecule has 0 aliphatic rings. The molecule has 2 heterocycles. The Kier molecular flexibility index (Phi) is 7.01. The molecule has 5 rings (SSSR count). The van der Waals surface area contributed by atoms with Crippen molar-refractivity contribution in [3.63, 3.8) is 0 Å². The molecule has 2 aromatic heterocycles. The molecule has 0 bridgehead atoms. The molecule has 0 spiro atoms. The average Bonchev–Trinajstić information content (AvgIpc) is 3.40. The normalized spacial score (nSPS) is 12.0. The van der Waals surface area contributed by atoms with Crippen molar-refractivity contribution in [2.24, 2.45) is 0 Å². The number of ether oxygens (including phenoxy) is 1. The Morgan fingerprint density at radius 3 is 2.68 bits per heavy atom. The number of nitrogens with two attached hydrogens (primary N) is 1. The maximum absolute atomic E-state index is 15.9. The van der Waals surface area contributed by atoms with E-state index in [0.717, 1.165) is 39.7 Å². The number of aryl methyl sites for hydroxylation is 2. The van der Waals surface area contributed by atoms with Gasteiger partial charge in [-0.2, -0.15) is 0 Å². The number of nitrogens with one attached hydrogen (secondary N) is 2. The van der Waals surface area contributed by atoms with Crippen LogP contribution >= 0.6 is 0 Å². The molecule has 0 fully saturated rings. The third-order valence-corrected chi connectivity index (χ3v) is 7.02. The number of benzene rings is 3. The standard InChI is InChI=1S/C31H32FN5O/c1-5-20-14-25(28(32)27(15-20)38-6-2)29(36-22-10-11-24-21(16-22)12-13-34-30(24)33)31-35-17-26(37-31)23-9-7-8-18(3)19(23)4/h7-17,29,36H,5-6H2,1-4H3,(H2,33,34)(H,35,37). The van der Waals surface area contributed by atoms with Crippen molar-refractivity contribution in [1.82, 2.24) is 15.0 Å². The second-order valence-electron chi connectivity index (χ2n) is 9.42. The number of anilines is 2. The highest BCUT2D eigenvalue weighted by molar-refractivity contribution is 5.93. The number of aromatic amines is 1. The first kappa shape index (κ1) is 25.3. The minimum Gasteiger partial charge on any atom is -0.491 e. The van der Waals surface area contributed by atoms with Gasteiger partial charge in [0.1, 0.15) is 17.7 Å². The predicted octanol–water partition coefficient (Wildman–Crippen LogP) is 7.13. The van der Waals surface area contributed by atoms with E-state index in [2.05, 4.69) is 41.3 Å². The van der Waals surface area contributed by atoms with Crippen molar-refractivity contribution < 1.29 is 9.13 Å². The van der Waals surface area contributed by atoms with Gasteiger partial charge in [0.25, 0.3) is 0 Å². The molecule has 0 saturated heterocycles. The highest BCUT2D eigenvalue weighted by Gasteiger charge is 2.25. The molecule has 1 unspecified atom stereocenters. The van der Waals surface area contributed by atoms with Crippen LogP contribution in [-0.4, -0.2) is 21.6 Å². The predicted molar refractivity (Wildman–Crippen MR) is 152 cm³/mol. The summed E-state index contributed by atoms with van der Waals surface area (Å²) < 4.78 is 21.6. The lowest BCUT2D eigenvalue weighted by Gasteiger charge is -2.22. The Balaban J connectivity index is 1.64. The summed E-state index contributed by atoms with van der Waals surface area (Å²) in [4.78, 5) is 12.4. The maximum Gasteiger partial charge on any atom is 0.170 e. The third-order valence-electron chi connectivity index (χ3n) is 7.02. The zero-order chi connectivity index (χ0) is 26.8. The average molecular weight is 510 g/mol. The SMILES string of the molecule is CCOc1cc(CC)cc(C(Nc2ccc3c(N)nccc3c2)c2ncc(-c3cccc(C)c3C)[nH]2)c1F. The quantitative estimate of drug-likeness (QED) is 0.207. The molecular weight excluding hydrogens is 477 g/mol. The molecule has 4 N–H and O–H groups in total. The minimum atomic E-state index is -0.601. The van der Waals surface area contributed by atoms with E-state index in [4.69, 9.17) is 15.5 Å². The first-order valence-electron chi connectivity index (χ1n) is 12.9. The lowest BCUT2D eigenvalue weighted by molar-refractivity contribution is 0.319. The van der Waals surface area contributed by atoms with Gasteiger partial charge >= 0.3 is 0 Å². The van der Waals surface area contributed by atoms with Crippen molar-refractivity contribution in [2.75, 3.05) is 17.7 Å². The number of pyridine rings is 1. The first-order chi connectivity index (χ1) is 18.4. The third kappa shape index (κ3) is 4.79.